The van der Waals surface area contributed by atoms with Crippen LogP contribution in [0, 0.1) is 11.7 Å². The lowest BCUT2D eigenvalue weighted by atomic mass is 10.0. The molecule has 3 rings (SSSR count). The van der Waals surface area contributed by atoms with Crippen LogP contribution < -0.4 is 9.64 Å². The van der Waals surface area contributed by atoms with Gasteiger partial charge in [0, 0.05) is 19.0 Å². The van der Waals surface area contributed by atoms with Crippen LogP contribution in [-0.4, -0.2) is 35.9 Å². The van der Waals surface area contributed by atoms with Gasteiger partial charge in [-0.3, -0.25) is 0 Å². The minimum absolute atomic E-state index is 0.169. The molecule has 2 atom stereocenters. The van der Waals surface area contributed by atoms with Gasteiger partial charge in [0.2, 0.25) is 0 Å². The summed E-state index contributed by atoms with van der Waals surface area (Å²) in [7, 11) is 1.95. The molecule has 1 aromatic carbocycles. The van der Waals surface area contributed by atoms with Crippen LogP contribution in [0.3, 0.4) is 0 Å². The van der Waals surface area contributed by atoms with Crippen molar-refractivity contribution in [1.82, 2.24) is 9.97 Å². The Bertz CT molecular complexity index is 791. The lowest BCUT2D eigenvalue weighted by Gasteiger charge is -2.34. The van der Waals surface area contributed by atoms with Crippen LogP contribution in [0.4, 0.5) is 10.2 Å². The molecule has 8 heteroatoms. The van der Waals surface area contributed by atoms with Gasteiger partial charge in [-0.25, -0.2) is 14.4 Å². The monoisotopic (exact) mass is 419 g/mol. The molecular weight excluding hydrogens is 405 g/mol. The van der Waals surface area contributed by atoms with Crippen molar-refractivity contribution in [3.63, 3.8) is 0 Å². The molecule has 1 aliphatic heterocycles. The van der Waals surface area contributed by atoms with E-state index >= 15 is 0 Å². The van der Waals surface area contributed by atoms with Gasteiger partial charge >= 0.3 is 0 Å². The summed E-state index contributed by atoms with van der Waals surface area (Å²) in [5.74, 6) is 0.839. The Morgan fingerprint density at radius 2 is 2.09 bits per heavy atom. The predicted molar refractivity (Wildman–Crippen MR) is 96.5 cm³/mol. The van der Waals surface area contributed by atoms with Crippen molar-refractivity contribution < 1.29 is 9.13 Å². The summed E-state index contributed by atoms with van der Waals surface area (Å²) in [5, 5.41) is 1.25. The Hall–Kier alpha value is -0.790. The van der Waals surface area contributed by atoms with Crippen molar-refractivity contribution in [2.45, 2.75) is 25.0 Å². The maximum Gasteiger partial charge on any atom is 0.189 e. The van der Waals surface area contributed by atoms with Gasteiger partial charge in [-0.2, -0.15) is 0 Å². The van der Waals surface area contributed by atoms with Gasteiger partial charge in [0.05, 0.1) is 16.5 Å². The van der Waals surface area contributed by atoms with Crippen LogP contribution >= 0.6 is 39.3 Å². The highest BCUT2D eigenvalue weighted by Crippen LogP contribution is 2.46. The van der Waals surface area contributed by atoms with E-state index in [1.165, 1.54) is 11.8 Å². The highest BCUT2D eigenvalue weighted by Gasteiger charge is 2.30. The van der Waals surface area contributed by atoms with Gasteiger partial charge in [0.15, 0.2) is 16.7 Å². The lowest BCUT2D eigenvalue weighted by molar-refractivity contribution is 0.239. The van der Waals surface area contributed by atoms with Crippen LogP contribution in [0.25, 0.3) is 10.9 Å². The average molecular weight is 421 g/mol. The number of ether oxygens (including phenoxy) is 1. The zero-order valence-corrected chi connectivity index (χ0v) is 16.3. The minimum Gasteiger partial charge on any atom is -0.491 e. The van der Waals surface area contributed by atoms with Gasteiger partial charge in [0.1, 0.15) is 16.4 Å². The Kier molecular flexibility index (Phi) is 4.64. The van der Waals surface area contributed by atoms with E-state index in [1.807, 2.05) is 18.2 Å². The van der Waals surface area contributed by atoms with E-state index in [1.54, 1.807) is 0 Å². The minimum atomic E-state index is -0.494. The smallest absolute Gasteiger partial charge is 0.189 e. The molecule has 23 heavy (non-hydrogen) atoms. The third-order valence-corrected chi connectivity index (χ3v) is 6.21. The summed E-state index contributed by atoms with van der Waals surface area (Å²) < 4.78 is 20.8. The number of hydrogen-bond donors (Lipinski definition) is 0. The number of benzene rings is 1. The molecule has 1 aromatic heterocycles. The third-order valence-electron chi connectivity index (χ3n) is 4.33. The summed E-state index contributed by atoms with van der Waals surface area (Å²) >= 11 is 10.9. The summed E-state index contributed by atoms with van der Waals surface area (Å²) in [6, 6.07) is 0.182. The number of rotatable bonds is 1. The molecule has 0 aliphatic carbocycles. The van der Waals surface area contributed by atoms with Crippen LogP contribution in [0.1, 0.15) is 13.8 Å². The van der Waals surface area contributed by atoms with Gasteiger partial charge in [-0.05, 0) is 29.1 Å². The van der Waals surface area contributed by atoms with Crippen molar-refractivity contribution in [2.24, 2.45) is 5.92 Å². The van der Waals surface area contributed by atoms with E-state index in [0.29, 0.717) is 28.7 Å². The molecule has 0 bridgehead atoms. The molecule has 0 amide bonds. The van der Waals surface area contributed by atoms with Crippen molar-refractivity contribution in [1.29, 1.82) is 0 Å². The first kappa shape index (κ1) is 17.0. The molecule has 0 spiro atoms. The van der Waals surface area contributed by atoms with Crippen molar-refractivity contribution in [3.8, 4) is 5.75 Å². The normalized spacial score (nSPS) is 21.1. The van der Waals surface area contributed by atoms with Crippen LogP contribution in [0.15, 0.2) is 9.63 Å². The topological polar surface area (TPSA) is 38.3 Å². The molecule has 1 unspecified atom stereocenters. The summed E-state index contributed by atoms with van der Waals surface area (Å²) in [5.41, 5.74) is 0.222. The fourth-order valence-electron chi connectivity index (χ4n) is 2.62. The molecule has 2 heterocycles. The van der Waals surface area contributed by atoms with Crippen molar-refractivity contribution in [3.05, 3.63) is 15.3 Å². The summed E-state index contributed by atoms with van der Waals surface area (Å²) in [6.07, 6.45) is 1.86. The van der Waals surface area contributed by atoms with Gasteiger partial charge in [-0.15, -0.1) is 0 Å². The second-order valence-corrected chi connectivity index (χ2v) is 7.61. The molecule has 0 fully saturated rings. The molecule has 0 N–H and O–H groups in total. The fourth-order valence-corrected chi connectivity index (χ4v) is 3.58. The predicted octanol–water partition coefficient (Wildman–Crippen LogP) is 4.76. The Balaban J connectivity index is 2.46. The van der Waals surface area contributed by atoms with E-state index in [9.17, 15) is 4.39 Å². The summed E-state index contributed by atoms with van der Waals surface area (Å²) in [6.45, 7) is 4.69. The highest BCUT2D eigenvalue weighted by atomic mass is 79.9. The molecule has 4 nitrogen and oxygen atoms in total. The number of halogens is 3. The van der Waals surface area contributed by atoms with Crippen molar-refractivity contribution >= 4 is 56.0 Å². The zero-order valence-electron chi connectivity index (χ0n) is 13.2. The Morgan fingerprint density at radius 3 is 2.74 bits per heavy atom. The number of nitrogens with zero attached hydrogens (tertiary/aromatic N) is 3. The Morgan fingerprint density at radius 1 is 1.39 bits per heavy atom. The average Bonchev–Trinajstić information content (AvgIpc) is 2.56. The highest BCUT2D eigenvalue weighted by molar-refractivity contribution is 9.10. The van der Waals surface area contributed by atoms with Gasteiger partial charge in [-0.1, -0.05) is 30.3 Å². The van der Waals surface area contributed by atoms with Gasteiger partial charge < -0.3 is 9.64 Å². The van der Waals surface area contributed by atoms with E-state index in [2.05, 4.69) is 39.7 Å². The SMILES string of the molecule is CSc1nc2c3c(c(Cl)c(Br)c(F)c3n1)OCC(C)[C@@H](C)N2C. The van der Waals surface area contributed by atoms with E-state index in [4.69, 9.17) is 16.3 Å². The second kappa shape index (κ2) is 6.26. The molecule has 0 saturated heterocycles. The van der Waals surface area contributed by atoms with E-state index in [-0.39, 0.29) is 27.0 Å². The quantitative estimate of drug-likeness (QED) is 0.378. The standard InChI is InChI=1S/C15H16BrClFN3OS/c1-6-5-22-13-8-12(11(18)9(16)10(13)17)19-15(23-4)20-14(8)21(3)7(6)2/h6-7H,5H2,1-4H3/t6?,7-/m1/s1. The number of aromatic nitrogens is 2. The zero-order chi connectivity index (χ0) is 16.9. The lowest BCUT2D eigenvalue weighted by Crippen LogP contribution is -2.39. The molecule has 0 saturated carbocycles. The maximum absolute atomic E-state index is 14.7. The first-order valence-electron chi connectivity index (χ1n) is 7.14. The van der Waals surface area contributed by atoms with Crippen LogP contribution in [0.2, 0.25) is 5.02 Å². The second-order valence-electron chi connectivity index (χ2n) is 5.67. The molecular formula is C15H16BrClFN3OS. The maximum atomic E-state index is 14.7. The van der Waals surface area contributed by atoms with Crippen molar-refractivity contribution in [2.75, 3.05) is 24.8 Å². The number of hydrogen-bond acceptors (Lipinski definition) is 5. The molecule has 2 aromatic rings. The van der Waals surface area contributed by atoms with Gasteiger partial charge in [0.25, 0.3) is 0 Å². The Labute approximate surface area is 151 Å². The third kappa shape index (κ3) is 2.66. The van der Waals surface area contributed by atoms with Crippen LogP contribution in [-0.2, 0) is 0 Å². The molecule has 1 aliphatic rings. The van der Waals surface area contributed by atoms with E-state index < -0.39 is 5.82 Å². The fraction of sp³-hybridized carbons (Fsp3) is 0.467. The first-order chi connectivity index (χ1) is 10.9. The van der Waals surface area contributed by atoms with E-state index in [0.717, 1.165) is 0 Å². The number of anilines is 1. The largest absolute Gasteiger partial charge is 0.491 e. The molecule has 0 radical (unpaired) electrons. The summed E-state index contributed by atoms with van der Waals surface area (Å²) in [4.78, 5) is 11.0. The van der Waals surface area contributed by atoms with Crippen LogP contribution in [0.5, 0.6) is 5.75 Å². The number of thioether (sulfide) groups is 1. The first-order valence-corrected chi connectivity index (χ1v) is 9.54. The molecule has 124 valence electrons.